The lowest BCUT2D eigenvalue weighted by Gasteiger charge is -2.29. The van der Waals surface area contributed by atoms with Crippen LogP contribution >= 0.6 is 0 Å². The number of rotatable bonds is 4. The number of anilines is 1. The Kier molecular flexibility index (Phi) is 3.99. The first-order valence-corrected chi connectivity index (χ1v) is 6.11. The number of nitrogens with two attached hydrogens (primary N) is 1. The summed E-state index contributed by atoms with van der Waals surface area (Å²) in [5.41, 5.74) is 6.90. The Labute approximate surface area is 115 Å². The van der Waals surface area contributed by atoms with Crippen LogP contribution in [-0.4, -0.2) is 42.0 Å². The smallest absolute Gasteiger partial charge is 0.320 e. The highest BCUT2D eigenvalue weighted by Crippen LogP contribution is 2.22. The van der Waals surface area contributed by atoms with E-state index in [4.69, 9.17) is 10.8 Å². The van der Waals surface area contributed by atoms with Crippen LogP contribution in [0.4, 0.5) is 5.69 Å². The fraction of sp³-hybridized carbons (Fsp3) is 0.308. The maximum atomic E-state index is 11.4. The molecule has 1 fully saturated rings. The molecular formula is C13H15N3O4. The minimum Gasteiger partial charge on any atom is -0.480 e. The average Bonchev–Trinajstić information content (AvgIpc) is 2.38. The number of nitrogens with one attached hydrogen (secondary N) is 1. The van der Waals surface area contributed by atoms with Crippen LogP contribution in [0.5, 0.6) is 0 Å². The van der Waals surface area contributed by atoms with E-state index in [1.807, 2.05) is 0 Å². The summed E-state index contributed by atoms with van der Waals surface area (Å²) in [6.45, 7) is 0.121. The summed E-state index contributed by atoms with van der Waals surface area (Å²) >= 11 is 0. The normalized spacial score (nSPS) is 16.8. The summed E-state index contributed by atoms with van der Waals surface area (Å²) in [4.78, 5) is 35.3. The second kappa shape index (κ2) is 5.70. The van der Waals surface area contributed by atoms with E-state index < -0.39 is 12.0 Å². The molecule has 2 rings (SSSR count). The molecule has 1 aromatic carbocycles. The third kappa shape index (κ3) is 3.12. The maximum Gasteiger partial charge on any atom is 0.320 e. The number of para-hydroxylation sites is 1. The fourth-order valence-corrected chi connectivity index (χ4v) is 2.12. The van der Waals surface area contributed by atoms with Gasteiger partial charge >= 0.3 is 5.97 Å². The van der Waals surface area contributed by atoms with Gasteiger partial charge in [-0.05, 0) is 11.6 Å². The highest BCUT2D eigenvalue weighted by atomic mass is 16.4. The SMILES string of the molecule is NC(Cc1ccccc1N1CC(=O)NC(=O)C1)C(=O)O. The van der Waals surface area contributed by atoms with Crippen molar-refractivity contribution in [2.24, 2.45) is 5.73 Å². The second-order valence-corrected chi connectivity index (χ2v) is 4.60. The first-order valence-electron chi connectivity index (χ1n) is 6.11. The number of carboxylic acids is 1. The molecule has 1 aromatic rings. The van der Waals surface area contributed by atoms with Crippen LogP contribution in [0, 0.1) is 0 Å². The van der Waals surface area contributed by atoms with Crippen LogP contribution in [0.2, 0.25) is 0 Å². The van der Waals surface area contributed by atoms with Crippen LogP contribution < -0.4 is 16.0 Å². The van der Waals surface area contributed by atoms with Crippen molar-refractivity contribution in [2.75, 3.05) is 18.0 Å². The monoisotopic (exact) mass is 277 g/mol. The summed E-state index contributed by atoms with van der Waals surface area (Å²) in [6.07, 6.45) is 0.137. The van der Waals surface area contributed by atoms with Crippen molar-refractivity contribution in [1.82, 2.24) is 5.32 Å². The molecule has 4 N–H and O–H groups in total. The number of carbonyl (C=O) groups excluding carboxylic acids is 2. The summed E-state index contributed by atoms with van der Waals surface area (Å²) in [6, 6.07) is 6.00. The van der Waals surface area contributed by atoms with Crippen molar-refractivity contribution in [3.8, 4) is 0 Å². The summed E-state index contributed by atoms with van der Waals surface area (Å²) in [7, 11) is 0. The highest BCUT2D eigenvalue weighted by molar-refractivity contribution is 6.02. The van der Waals surface area contributed by atoms with Crippen molar-refractivity contribution in [1.29, 1.82) is 0 Å². The average molecular weight is 277 g/mol. The minimum atomic E-state index is -1.09. The van der Waals surface area contributed by atoms with Gasteiger partial charge in [0.15, 0.2) is 0 Å². The molecule has 1 heterocycles. The third-order valence-electron chi connectivity index (χ3n) is 3.04. The molecule has 1 aliphatic rings. The highest BCUT2D eigenvalue weighted by Gasteiger charge is 2.25. The van der Waals surface area contributed by atoms with E-state index in [9.17, 15) is 14.4 Å². The van der Waals surface area contributed by atoms with Gasteiger partial charge in [-0.15, -0.1) is 0 Å². The van der Waals surface area contributed by atoms with E-state index in [2.05, 4.69) is 5.32 Å². The van der Waals surface area contributed by atoms with E-state index in [0.717, 1.165) is 0 Å². The Morgan fingerprint density at radius 1 is 1.30 bits per heavy atom. The molecule has 7 heteroatoms. The number of hydrogen-bond donors (Lipinski definition) is 3. The maximum absolute atomic E-state index is 11.4. The summed E-state index contributed by atoms with van der Waals surface area (Å²) in [5, 5.41) is 11.1. The molecule has 0 aromatic heterocycles. The minimum absolute atomic E-state index is 0.0606. The van der Waals surface area contributed by atoms with Gasteiger partial charge in [-0.1, -0.05) is 18.2 Å². The van der Waals surface area contributed by atoms with Crippen LogP contribution in [-0.2, 0) is 20.8 Å². The van der Waals surface area contributed by atoms with E-state index in [-0.39, 0.29) is 31.3 Å². The summed E-state index contributed by atoms with van der Waals surface area (Å²) in [5.74, 6) is -1.84. The molecule has 0 spiro atoms. The lowest BCUT2D eigenvalue weighted by Crippen LogP contribution is -2.51. The van der Waals surface area contributed by atoms with E-state index in [1.54, 1.807) is 29.2 Å². The molecule has 0 bridgehead atoms. The first kappa shape index (κ1) is 14.0. The van der Waals surface area contributed by atoms with E-state index >= 15 is 0 Å². The number of aliphatic carboxylic acids is 1. The standard InChI is InChI=1S/C13H15N3O4/c14-9(13(19)20)5-8-3-1-2-4-10(8)16-6-11(17)15-12(18)7-16/h1-4,9H,5-7,14H2,(H,19,20)(H,15,17,18). The molecule has 106 valence electrons. The van der Waals surface area contributed by atoms with Crippen molar-refractivity contribution in [3.05, 3.63) is 29.8 Å². The molecule has 1 atom stereocenters. The van der Waals surface area contributed by atoms with E-state index in [0.29, 0.717) is 11.3 Å². The first-order chi connectivity index (χ1) is 9.47. The van der Waals surface area contributed by atoms with Crippen LogP contribution in [0.25, 0.3) is 0 Å². The van der Waals surface area contributed by atoms with Gasteiger partial charge in [-0.2, -0.15) is 0 Å². The molecule has 0 aliphatic carbocycles. The van der Waals surface area contributed by atoms with Gasteiger partial charge in [0.25, 0.3) is 0 Å². The van der Waals surface area contributed by atoms with Gasteiger partial charge in [0.1, 0.15) is 6.04 Å². The van der Waals surface area contributed by atoms with Crippen molar-refractivity contribution >= 4 is 23.5 Å². The van der Waals surface area contributed by atoms with Gasteiger partial charge in [0.2, 0.25) is 11.8 Å². The zero-order valence-corrected chi connectivity index (χ0v) is 10.7. The third-order valence-corrected chi connectivity index (χ3v) is 3.04. The van der Waals surface area contributed by atoms with E-state index in [1.165, 1.54) is 0 Å². The lowest BCUT2D eigenvalue weighted by atomic mass is 10.0. The number of piperazine rings is 1. The molecule has 0 radical (unpaired) electrons. The molecule has 0 saturated carbocycles. The Morgan fingerprint density at radius 3 is 2.50 bits per heavy atom. The van der Waals surface area contributed by atoms with Crippen molar-refractivity contribution in [3.63, 3.8) is 0 Å². The molecule has 7 nitrogen and oxygen atoms in total. The number of benzene rings is 1. The zero-order chi connectivity index (χ0) is 14.7. The Hall–Kier alpha value is -2.41. The van der Waals surface area contributed by atoms with Crippen molar-refractivity contribution in [2.45, 2.75) is 12.5 Å². The summed E-state index contributed by atoms with van der Waals surface area (Å²) < 4.78 is 0. The fourth-order valence-electron chi connectivity index (χ4n) is 2.12. The van der Waals surface area contributed by atoms with Gasteiger partial charge in [-0.25, -0.2) is 0 Å². The molecule has 20 heavy (non-hydrogen) atoms. The number of hydrogen-bond acceptors (Lipinski definition) is 5. The van der Waals surface area contributed by atoms with Gasteiger partial charge in [0.05, 0.1) is 13.1 Å². The Morgan fingerprint density at radius 2 is 1.90 bits per heavy atom. The molecule has 1 saturated heterocycles. The zero-order valence-electron chi connectivity index (χ0n) is 10.7. The van der Waals surface area contributed by atoms with Crippen LogP contribution in [0.15, 0.2) is 24.3 Å². The van der Waals surface area contributed by atoms with Gasteiger partial charge in [0, 0.05) is 12.1 Å². The second-order valence-electron chi connectivity index (χ2n) is 4.60. The Bertz CT molecular complexity index is 542. The quantitative estimate of drug-likeness (QED) is 0.615. The van der Waals surface area contributed by atoms with Crippen LogP contribution in [0.1, 0.15) is 5.56 Å². The van der Waals surface area contributed by atoms with Gasteiger partial charge < -0.3 is 15.7 Å². The van der Waals surface area contributed by atoms with Crippen molar-refractivity contribution < 1.29 is 19.5 Å². The molecule has 1 aliphatic heterocycles. The Balaban J connectivity index is 2.25. The molecular weight excluding hydrogens is 262 g/mol. The number of imide groups is 1. The molecule has 1 unspecified atom stereocenters. The topological polar surface area (TPSA) is 113 Å². The molecule has 2 amide bonds. The number of amides is 2. The predicted octanol–water partition coefficient (Wildman–Crippen LogP) is -0.896. The number of carbonyl (C=O) groups is 3. The largest absolute Gasteiger partial charge is 0.480 e. The number of nitrogens with zero attached hydrogens (tertiary/aromatic N) is 1. The predicted molar refractivity (Wildman–Crippen MR) is 71.1 cm³/mol. The lowest BCUT2D eigenvalue weighted by molar-refractivity contribution is -0.138. The number of carboxylic acid groups (broad SMARTS) is 1. The van der Waals surface area contributed by atoms with Gasteiger partial charge in [-0.3, -0.25) is 19.7 Å². The van der Waals surface area contributed by atoms with Crippen LogP contribution in [0.3, 0.4) is 0 Å².